The zero-order chi connectivity index (χ0) is 33.7. The summed E-state index contributed by atoms with van der Waals surface area (Å²) in [7, 11) is -4.95. The van der Waals surface area contributed by atoms with E-state index in [9.17, 15) is 34.1 Å². The maximum atomic E-state index is 12.4. The van der Waals surface area contributed by atoms with Crippen molar-refractivity contribution in [3.63, 3.8) is 0 Å². The van der Waals surface area contributed by atoms with Gasteiger partial charge in [0.2, 0.25) is 5.91 Å². The average molecular weight is 702 g/mol. The van der Waals surface area contributed by atoms with Gasteiger partial charge in [0.1, 0.15) is 36.2 Å². The molecule has 5 rings (SSSR count). The fourth-order valence-corrected chi connectivity index (χ4v) is 8.02. The first-order chi connectivity index (χ1) is 22.4. The number of nitrogen functional groups attached to an aromatic ring is 1. The number of urea groups is 1. The molecule has 0 radical (unpaired) electrons. The van der Waals surface area contributed by atoms with Crippen molar-refractivity contribution in [2.24, 2.45) is 5.73 Å². The molecular formula is C26H40N9O10PS. The molecule has 10 N–H and O–H groups in total. The number of carbonyl (C=O) groups is 3. The number of amides is 3. The maximum Gasteiger partial charge on any atom is 0.529 e. The summed E-state index contributed by atoms with van der Waals surface area (Å²) < 4.78 is 28.8. The fraction of sp³-hybridized carbons (Fsp3) is 0.692. The molecule has 0 bridgehead atoms. The van der Waals surface area contributed by atoms with Gasteiger partial charge in [-0.25, -0.2) is 29.1 Å². The Morgan fingerprint density at radius 2 is 2.00 bits per heavy atom. The summed E-state index contributed by atoms with van der Waals surface area (Å²) in [5, 5.41) is 30.0. The van der Waals surface area contributed by atoms with E-state index in [4.69, 9.17) is 20.7 Å². The highest BCUT2D eigenvalue weighted by Gasteiger charge is 2.46. The lowest BCUT2D eigenvalue weighted by Gasteiger charge is -2.18. The molecule has 260 valence electrons. The normalized spacial score (nSPS) is 28.8. The molecule has 3 aliphatic rings. The van der Waals surface area contributed by atoms with Gasteiger partial charge < -0.3 is 46.9 Å². The van der Waals surface area contributed by atoms with Crippen molar-refractivity contribution in [3.05, 3.63) is 12.7 Å². The van der Waals surface area contributed by atoms with Crippen LogP contribution >= 0.6 is 19.6 Å². The lowest BCUT2D eigenvalue weighted by molar-refractivity contribution is -0.138. The van der Waals surface area contributed by atoms with Crippen molar-refractivity contribution in [2.45, 2.75) is 92.9 Å². The number of rotatable bonds is 16. The molecule has 3 aliphatic heterocycles. The van der Waals surface area contributed by atoms with Gasteiger partial charge >= 0.3 is 19.8 Å². The molecule has 3 fully saturated rings. The molecule has 0 spiro atoms. The third-order valence-electron chi connectivity index (χ3n) is 8.25. The van der Waals surface area contributed by atoms with Gasteiger partial charge in [-0.15, -0.1) is 0 Å². The maximum absolute atomic E-state index is 12.4. The third-order valence-corrected chi connectivity index (χ3v) is 10.6. The summed E-state index contributed by atoms with van der Waals surface area (Å²) in [5.41, 5.74) is 12.1. The van der Waals surface area contributed by atoms with E-state index in [2.05, 4.69) is 35.4 Å². The van der Waals surface area contributed by atoms with E-state index >= 15 is 0 Å². The molecule has 3 amide bonds. The Balaban J connectivity index is 0.941. The van der Waals surface area contributed by atoms with Crippen molar-refractivity contribution in [2.75, 3.05) is 24.6 Å². The van der Waals surface area contributed by atoms with E-state index in [0.717, 1.165) is 25.0 Å². The smallest absolute Gasteiger partial charge is 0.387 e. The SMILES string of the molecule is Nc1ncnc2c1ncn2[C@@H]1O[C@H](COP(=O)(O)OC(=O)[C@@H](N)CCCCNC(=O)CCCC[C@@H]2SC[C@@H]3NC(=O)N[C@@H]32)[C@@H](O)[C@H]1O. The molecule has 5 heterocycles. The highest BCUT2D eigenvalue weighted by molar-refractivity contribution is 8.00. The summed E-state index contributed by atoms with van der Waals surface area (Å²) >= 11 is 1.84. The van der Waals surface area contributed by atoms with E-state index in [1.165, 1.54) is 17.2 Å². The number of aliphatic hydroxyl groups is 2. The first-order valence-electron chi connectivity index (χ1n) is 15.3. The number of phosphoric ester groups is 1. The van der Waals surface area contributed by atoms with Crippen LogP contribution in [0.2, 0.25) is 0 Å². The highest BCUT2D eigenvalue weighted by atomic mass is 32.2. The molecule has 47 heavy (non-hydrogen) atoms. The molecule has 3 saturated heterocycles. The van der Waals surface area contributed by atoms with Crippen molar-refractivity contribution in [1.82, 2.24) is 35.5 Å². The van der Waals surface area contributed by atoms with Crippen LogP contribution in [0.5, 0.6) is 0 Å². The van der Waals surface area contributed by atoms with Crippen molar-refractivity contribution >= 4 is 54.5 Å². The summed E-state index contributed by atoms with van der Waals surface area (Å²) in [6.45, 7) is -0.321. The number of fused-ring (bicyclic) bond motifs is 2. The monoisotopic (exact) mass is 701 g/mol. The number of thioether (sulfide) groups is 1. The number of anilines is 1. The van der Waals surface area contributed by atoms with Gasteiger partial charge in [0.25, 0.3) is 0 Å². The number of phosphoric acid groups is 1. The number of nitrogens with zero attached hydrogens (tertiary/aromatic N) is 4. The van der Waals surface area contributed by atoms with E-state index in [1.54, 1.807) is 0 Å². The third kappa shape index (κ3) is 8.69. The fourth-order valence-electron chi connectivity index (χ4n) is 5.73. The van der Waals surface area contributed by atoms with Crippen LogP contribution in [0.1, 0.15) is 51.2 Å². The predicted octanol–water partition coefficient (Wildman–Crippen LogP) is -0.972. The minimum absolute atomic E-state index is 0.0768. The quantitative estimate of drug-likeness (QED) is 0.0593. The van der Waals surface area contributed by atoms with Crippen LogP contribution in [0, 0.1) is 0 Å². The van der Waals surface area contributed by atoms with Crippen LogP contribution < -0.4 is 27.4 Å². The number of hydrogen-bond acceptors (Lipinski definition) is 15. The Morgan fingerprint density at radius 3 is 2.81 bits per heavy atom. The zero-order valence-corrected chi connectivity index (χ0v) is 27.1. The molecular weight excluding hydrogens is 661 g/mol. The molecule has 0 saturated carbocycles. The topological polar surface area (TPSA) is 288 Å². The van der Waals surface area contributed by atoms with Crippen LogP contribution in [-0.4, -0.2) is 113 Å². The molecule has 0 aliphatic carbocycles. The number of nitrogens with two attached hydrogens (primary N) is 2. The van der Waals surface area contributed by atoms with Crippen LogP contribution in [-0.2, 0) is 27.9 Å². The van der Waals surface area contributed by atoms with Gasteiger partial charge in [0.15, 0.2) is 17.7 Å². The second-order valence-electron chi connectivity index (χ2n) is 11.6. The van der Waals surface area contributed by atoms with Crippen LogP contribution in [0.25, 0.3) is 11.2 Å². The number of nitrogens with one attached hydrogen (secondary N) is 3. The van der Waals surface area contributed by atoms with Crippen molar-refractivity contribution in [3.8, 4) is 0 Å². The first kappa shape index (κ1) is 35.2. The number of imidazole rings is 1. The second kappa shape index (κ2) is 15.4. The van der Waals surface area contributed by atoms with Gasteiger partial charge in [-0.05, 0) is 32.1 Å². The minimum Gasteiger partial charge on any atom is -0.387 e. The standard InChI is InChI=1S/C26H40N9O10PS/c27-13(5-3-4-8-29-17(36)7-2-1-6-16-18-14(10-47-16)33-26(40)34-18)25(39)45-46(41,42)43-9-15-20(37)21(38)24(44-15)35-12-32-19-22(28)30-11-31-23(19)35/h11-16,18,20-21,24,37-38H,1-10,27H2,(H,29,36)(H,41,42)(H2,28,30,31)(H2,33,34,40)/t13-,14-,15+,16-,18-,20+,21+,24+/m0/s1. The Bertz CT molecular complexity index is 1490. The number of hydrogen-bond donors (Lipinski definition) is 8. The second-order valence-corrected chi connectivity index (χ2v) is 14.3. The Labute approximate surface area is 273 Å². The Morgan fingerprint density at radius 1 is 1.19 bits per heavy atom. The summed E-state index contributed by atoms with van der Waals surface area (Å²) in [6, 6.07) is -0.995. The van der Waals surface area contributed by atoms with Gasteiger partial charge in [-0.3, -0.25) is 18.8 Å². The number of carbonyl (C=O) groups excluding carboxylic acids is 3. The van der Waals surface area contributed by atoms with Crippen molar-refractivity contribution in [1.29, 1.82) is 0 Å². The summed E-state index contributed by atoms with van der Waals surface area (Å²) in [5.74, 6) is -0.236. The lowest BCUT2D eigenvalue weighted by atomic mass is 10.0. The van der Waals surface area contributed by atoms with E-state index in [1.807, 2.05) is 11.8 Å². The molecule has 2 aromatic heterocycles. The van der Waals surface area contributed by atoms with Gasteiger partial charge in [0, 0.05) is 24.0 Å². The van der Waals surface area contributed by atoms with E-state index < -0.39 is 51.0 Å². The molecule has 1 unspecified atom stereocenters. The number of ether oxygens (including phenoxy) is 1. The van der Waals surface area contributed by atoms with Crippen molar-refractivity contribution < 1.29 is 47.8 Å². The molecule has 0 aromatic carbocycles. The zero-order valence-electron chi connectivity index (χ0n) is 25.3. The molecule has 21 heteroatoms. The molecule has 9 atom stereocenters. The largest absolute Gasteiger partial charge is 0.529 e. The van der Waals surface area contributed by atoms with Gasteiger partial charge in [0.05, 0.1) is 25.0 Å². The molecule has 2 aromatic rings. The molecule has 19 nitrogen and oxygen atoms in total. The van der Waals surface area contributed by atoms with Crippen LogP contribution in [0.3, 0.4) is 0 Å². The highest BCUT2D eigenvalue weighted by Crippen LogP contribution is 2.45. The first-order valence-corrected chi connectivity index (χ1v) is 17.8. The average Bonchev–Trinajstić information content (AvgIpc) is 3.78. The Kier molecular flexibility index (Phi) is 11.5. The van der Waals surface area contributed by atoms with Gasteiger partial charge in [-0.2, -0.15) is 11.8 Å². The predicted molar refractivity (Wildman–Crippen MR) is 166 cm³/mol. The summed E-state index contributed by atoms with van der Waals surface area (Å²) in [4.78, 5) is 58.0. The van der Waals surface area contributed by atoms with Gasteiger partial charge in [-0.1, -0.05) is 6.42 Å². The Hall–Kier alpha value is -3.10. The number of aliphatic hydroxyl groups excluding tert-OH is 2. The van der Waals surface area contributed by atoms with Crippen LogP contribution in [0.4, 0.5) is 10.6 Å². The van der Waals surface area contributed by atoms with E-state index in [0.29, 0.717) is 31.1 Å². The van der Waals surface area contributed by atoms with Crippen LogP contribution in [0.15, 0.2) is 12.7 Å². The lowest BCUT2D eigenvalue weighted by Crippen LogP contribution is -2.36. The summed E-state index contributed by atoms with van der Waals surface area (Å²) in [6.07, 6.45) is 1.04. The van der Waals surface area contributed by atoms with E-state index in [-0.39, 0.29) is 47.4 Å². The number of unbranched alkanes of at least 4 members (excludes halogenated alkanes) is 2. The number of aromatic nitrogens is 4. The minimum atomic E-state index is -4.95.